The van der Waals surface area contributed by atoms with Crippen molar-refractivity contribution in [3.05, 3.63) is 59.9 Å². The number of methoxy groups -OCH3 is 1. The molecule has 1 atom stereocenters. The van der Waals surface area contributed by atoms with E-state index in [9.17, 15) is 14.4 Å². The minimum atomic E-state index is -1.01. The molecule has 31 heavy (non-hydrogen) atoms. The van der Waals surface area contributed by atoms with E-state index in [-0.39, 0.29) is 13.0 Å². The number of hydrogen-bond acceptors (Lipinski definition) is 7. The molecular formula is C22H27N3O6. The van der Waals surface area contributed by atoms with Gasteiger partial charge in [0.15, 0.2) is 0 Å². The van der Waals surface area contributed by atoms with Crippen LogP contribution in [-0.2, 0) is 32.0 Å². The van der Waals surface area contributed by atoms with Crippen molar-refractivity contribution in [2.24, 2.45) is 0 Å². The molecule has 2 rings (SSSR count). The van der Waals surface area contributed by atoms with Gasteiger partial charge in [0, 0.05) is 24.0 Å². The van der Waals surface area contributed by atoms with Crippen LogP contribution in [0, 0.1) is 0 Å². The Balaban J connectivity index is 1.98. The zero-order valence-corrected chi connectivity index (χ0v) is 18.0. The van der Waals surface area contributed by atoms with Gasteiger partial charge in [-0.25, -0.2) is 14.4 Å². The number of amides is 2. The summed E-state index contributed by atoms with van der Waals surface area (Å²) in [6.07, 6.45) is 0.142. The Bertz CT molecular complexity index is 896. The topological polar surface area (TPSA) is 116 Å². The number of nitrogens with zero attached hydrogens (tertiary/aromatic N) is 1. The van der Waals surface area contributed by atoms with Crippen LogP contribution in [0.4, 0.5) is 15.3 Å². The zero-order chi connectivity index (χ0) is 22.9. The maximum Gasteiger partial charge on any atom is 0.411 e. The van der Waals surface area contributed by atoms with Crippen LogP contribution in [0.2, 0.25) is 0 Å². The predicted molar refractivity (Wildman–Crippen MR) is 113 cm³/mol. The lowest BCUT2D eigenvalue weighted by molar-refractivity contribution is -0.143. The summed E-state index contributed by atoms with van der Waals surface area (Å²) in [5.74, 6) is -0.645. The fourth-order valence-corrected chi connectivity index (χ4v) is 2.54. The Morgan fingerprint density at radius 3 is 2.42 bits per heavy atom. The van der Waals surface area contributed by atoms with Gasteiger partial charge in [0.25, 0.3) is 0 Å². The van der Waals surface area contributed by atoms with Gasteiger partial charge in [0.05, 0.1) is 7.11 Å². The largest absolute Gasteiger partial charge is 0.467 e. The molecule has 0 unspecified atom stereocenters. The maximum absolute atomic E-state index is 12.1. The normalized spacial score (nSPS) is 11.7. The van der Waals surface area contributed by atoms with Crippen molar-refractivity contribution >= 4 is 23.8 Å². The molecule has 2 N–H and O–H groups in total. The second-order valence-electron chi connectivity index (χ2n) is 7.65. The maximum atomic E-state index is 12.1. The monoisotopic (exact) mass is 429 g/mol. The molecule has 0 radical (unpaired) electrons. The van der Waals surface area contributed by atoms with Gasteiger partial charge in [0.1, 0.15) is 18.2 Å². The van der Waals surface area contributed by atoms with Gasteiger partial charge in [0.2, 0.25) is 0 Å². The molecule has 9 nitrogen and oxygen atoms in total. The molecule has 0 bridgehead atoms. The molecule has 0 fully saturated rings. The summed E-state index contributed by atoms with van der Waals surface area (Å²) in [6, 6.07) is 11.4. The summed E-state index contributed by atoms with van der Waals surface area (Å²) in [4.78, 5) is 40.4. The van der Waals surface area contributed by atoms with Crippen molar-refractivity contribution in [3.63, 3.8) is 0 Å². The van der Waals surface area contributed by atoms with Crippen LogP contribution in [0.1, 0.15) is 32.0 Å². The number of ether oxygens (including phenoxy) is 3. The van der Waals surface area contributed by atoms with Crippen molar-refractivity contribution in [1.82, 2.24) is 10.3 Å². The average Bonchev–Trinajstić information content (AvgIpc) is 2.71. The van der Waals surface area contributed by atoms with Gasteiger partial charge in [-0.05, 0) is 38.5 Å². The van der Waals surface area contributed by atoms with Gasteiger partial charge in [-0.3, -0.25) is 10.3 Å². The number of aromatic nitrogens is 1. The van der Waals surface area contributed by atoms with E-state index in [0.717, 1.165) is 5.56 Å². The number of nitrogens with one attached hydrogen (secondary N) is 2. The smallest absolute Gasteiger partial charge is 0.411 e. The number of pyridine rings is 1. The number of esters is 1. The minimum Gasteiger partial charge on any atom is -0.467 e. The molecule has 1 heterocycles. The Morgan fingerprint density at radius 2 is 1.77 bits per heavy atom. The molecule has 0 saturated heterocycles. The first-order valence-electron chi connectivity index (χ1n) is 9.66. The van der Waals surface area contributed by atoms with Crippen LogP contribution in [0.25, 0.3) is 0 Å². The van der Waals surface area contributed by atoms with E-state index in [1.165, 1.54) is 13.3 Å². The van der Waals surface area contributed by atoms with E-state index < -0.39 is 29.8 Å². The van der Waals surface area contributed by atoms with E-state index in [0.29, 0.717) is 11.4 Å². The van der Waals surface area contributed by atoms with Crippen LogP contribution in [-0.4, -0.2) is 41.9 Å². The molecule has 9 heteroatoms. The number of rotatable bonds is 7. The van der Waals surface area contributed by atoms with Crippen LogP contribution >= 0.6 is 0 Å². The number of carbonyl (C=O) groups excluding carboxylic acids is 3. The molecule has 0 aliphatic heterocycles. The average molecular weight is 429 g/mol. The molecule has 2 aromatic rings. The zero-order valence-electron chi connectivity index (χ0n) is 18.0. The van der Waals surface area contributed by atoms with Gasteiger partial charge < -0.3 is 19.5 Å². The highest BCUT2D eigenvalue weighted by Crippen LogP contribution is 2.13. The summed E-state index contributed by atoms with van der Waals surface area (Å²) < 4.78 is 15.1. The van der Waals surface area contributed by atoms with E-state index >= 15 is 0 Å². The SMILES string of the molecule is COC(=O)[C@H](Cc1cc(NC(=O)OCc2ccccc2)ccn1)NC(=O)OC(C)(C)C. The van der Waals surface area contributed by atoms with Crippen LogP contribution in [0.3, 0.4) is 0 Å². The minimum absolute atomic E-state index is 0.0422. The van der Waals surface area contributed by atoms with Gasteiger partial charge in [-0.2, -0.15) is 0 Å². The van der Waals surface area contributed by atoms with Crippen molar-refractivity contribution in [2.75, 3.05) is 12.4 Å². The lowest BCUT2D eigenvalue weighted by Gasteiger charge is -2.22. The van der Waals surface area contributed by atoms with Crippen LogP contribution < -0.4 is 10.6 Å². The first-order chi connectivity index (χ1) is 14.7. The number of hydrogen-bond donors (Lipinski definition) is 2. The third-order valence-electron chi connectivity index (χ3n) is 3.87. The van der Waals surface area contributed by atoms with E-state index in [2.05, 4.69) is 15.6 Å². The lowest BCUT2D eigenvalue weighted by Crippen LogP contribution is -2.45. The van der Waals surface area contributed by atoms with Gasteiger partial charge in [-0.1, -0.05) is 30.3 Å². The second-order valence-corrected chi connectivity index (χ2v) is 7.65. The van der Waals surface area contributed by atoms with E-state index in [4.69, 9.17) is 14.2 Å². The van der Waals surface area contributed by atoms with Gasteiger partial charge >= 0.3 is 18.2 Å². The molecule has 0 aliphatic carbocycles. The highest BCUT2D eigenvalue weighted by Gasteiger charge is 2.26. The Hall–Kier alpha value is -3.62. The number of anilines is 1. The molecule has 0 aliphatic rings. The predicted octanol–water partition coefficient (Wildman–Crippen LogP) is 3.44. The summed E-state index contributed by atoms with van der Waals surface area (Å²) in [5, 5.41) is 5.10. The number of alkyl carbamates (subject to hydrolysis) is 1. The fourth-order valence-electron chi connectivity index (χ4n) is 2.54. The van der Waals surface area contributed by atoms with Crippen molar-refractivity contribution in [3.8, 4) is 0 Å². The highest BCUT2D eigenvalue weighted by molar-refractivity contribution is 5.84. The highest BCUT2D eigenvalue weighted by atomic mass is 16.6. The molecule has 1 aromatic heterocycles. The first-order valence-corrected chi connectivity index (χ1v) is 9.66. The Morgan fingerprint density at radius 1 is 1.06 bits per heavy atom. The molecule has 166 valence electrons. The molecule has 0 spiro atoms. The summed E-state index contributed by atoms with van der Waals surface area (Å²) >= 11 is 0. The number of carbonyl (C=O) groups is 3. The third kappa shape index (κ3) is 8.73. The molecule has 1 aromatic carbocycles. The third-order valence-corrected chi connectivity index (χ3v) is 3.87. The summed E-state index contributed by atoms with van der Waals surface area (Å²) in [7, 11) is 1.22. The van der Waals surface area contributed by atoms with Crippen molar-refractivity contribution < 1.29 is 28.6 Å². The second kappa shape index (κ2) is 11.0. The van der Waals surface area contributed by atoms with Crippen molar-refractivity contribution in [2.45, 2.75) is 45.4 Å². The summed E-state index contributed by atoms with van der Waals surface area (Å²) in [5.41, 5.74) is 1.03. The van der Waals surface area contributed by atoms with E-state index in [1.807, 2.05) is 30.3 Å². The van der Waals surface area contributed by atoms with Crippen LogP contribution in [0.5, 0.6) is 0 Å². The quantitative estimate of drug-likeness (QED) is 0.512. The van der Waals surface area contributed by atoms with Gasteiger partial charge in [-0.15, -0.1) is 0 Å². The summed E-state index contributed by atoms with van der Waals surface area (Å²) in [6.45, 7) is 5.28. The van der Waals surface area contributed by atoms with Crippen LogP contribution in [0.15, 0.2) is 48.7 Å². The fraction of sp³-hybridized carbons (Fsp3) is 0.364. The Labute approximate surface area is 181 Å². The Kier molecular flexibility index (Phi) is 8.36. The standard InChI is InChI=1S/C22H27N3O6/c1-22(2,3)31-21(28)25-18(19(26)29-4)13-17-12-16(10-11-23-17)24-20(27)30-14-15-8-6-5-7-9-15/h5-12,18H,13-14H2,1-4H3,(H,25,28)(H,23,24,27)/t18-/m0/s1. The number of benzene rings is 1. The molecule has 0 saturated carbocycles. The van der Waals surface area contributed by atoms with E-state index in [1.54, 1.807) is 32.9 Å². The lowest BCUT2D eigenvalue weighted by atomic mass is 10.1. The van der Waals surface area contributed by atoms with Crippen molar-refractivity contribution in [1.29, 1.82) is 0 Å². The molecule has 2 amide bonds. The first kappa shape index (κ1) is 23.7. The molecular weight excluding hydrogens is 402 g/mol.